The maximum absolute atomic E-state index is 12.1. The molecule has 6 nitrogen and oxygen atoms in total. The van der Waals surface area contributed by atoms with Crippen LogP contribution in [0.4, 0.5) is 0 Å². The fraction of sp³-hybridized carbons (Fsp3) is 0.438. The minimum Gasteiger partial charge on any atom is -0.352 e. The predicted octanol–water partition coefficient (Wildman–Crippen LogP) is 1.19. The van der Waals surface area contributed by atoms with Crippen LogP contribution in [0.25, 0.3) is 10.9 Å². The number of rotatable bonds is 5. The second kappa shape index (κ2) is 5.88. The summed E-state index contributed by atoms with van der Waals surface area (Å²) in [6.07, 6.45) is 2.15. The highest BCUT2D eigenvalue weighted by atomic mass is 16.2. The van der Waals surface area contributed by atoms with Gasteiger partial charge in [0.2, 0.25) is 5.91 Å². The maximum atomic E-state index is 12.1. The Morgan fingerprint density at radius 3 is 2.91 bits per heavy atom. The molecule has 6 heteroatoms. The van der Waals surface area contributed by atoms with Crippen LogP contribution in [0.15, 0.2) is 29.1 Å². The van der Waals surface area contributed by atoms with E-state index in [2.05, 4.69) is 15.3 Å². The van der Waals surface area contributed by atoms with Crippen molar-refractivity contribution in [1.82, 2.24) is 20.2 Å². The van der Waals surface area contributed by atoms with Gasteiger partial charge >= 0.3 is 0 Å². The molecule has 0 saturated heterocycles. The van der Waals surface area contributed by atoms with Crippen molar-refractivity contribution < 1.29 is 4.79 Å². The molecule has 1 heterocycles. The van der Waals surface area contributed by atoms with Gasteiger partial charge in [0.15, 0.2) is 0 Å². The van der Waals surface area contributed by atoms with Crippen LogP contribution in [-0.2, 0) is 4.79 Å². The van der Waals surface area contributed by atoms with Crippen molar-refractivity contribution in [3.05, 3.63) is 40.4 Å². The minimum absolute atomic E-state index is 0.0139. The first kappa shape index (κ1) is 14.7. The van der Waals surface area contributed by atoms with Gasteiger partial charge in [0.05, 0.1) is 23.5 Å². The van der Waals surface area contributed by atoms with Crippen LogP contribution in [0.2, 0.25) is 0 Å². The lowest BCUT2D eigenvalue weighted by molar-refractivity contribution is -0.122. The Bertz CT molecular complexity index is 751. The molecule has 1 saturated carbocycles. The molecule has 0 aliphatic heterocycles. The second-order valence-corrected chi connectivity index (χ2v) is 5.90. The van der Waals surface area contributed by atoms with Gasteiger partial charge in [-0.05, 0) is 38.9 Å². The number of hydrogen-bond acceptors (Lipinski definition) is 4. The average Bonchev–Trinajstić information content (AvgIpc) is 3.30. The SMILES string of the molecule is C[C@@H](c1nc2ccccc2c(=O)[nH]1)N(C)CC(=O)NC1CC1. The quantitative estimate of drug-likeness (QED) is 0.869. The monoisotopic (exact) mass is 300 g/mol. The zero-order valence-electron chi connectivity index (χ0n) is 12.8. The molecule has 22 heavy (non-hydrogen) atoms. The number of nitrogens with one attached hydrogen (secondary N) is 2. The highest BCUT2D eigenvalue weighted by Crippen LogP contribution is 2.19. The Morgan fingerprint density at radius 1 is 1.45 bits per heavy atom. The second-order valence-electron chi connectivity index (χ2n) is 5.90. The van der Waals surface area contributed by atoms with Gasteiger partial charge in [-0.1, -0.05) is 12.1 Å². The molecule has 3 rings (SSSR count). The van der Waals surface area contributed by atoms with Crippen molar-refractivity contribution in [1.29, 1.82) is 0 Å². The molecule has 0 radical (unpaired) electrons. The summed E-state index contributed by atoms with van der Waals surface area (Å²) < 4.78 is 0. The Kier molecular flexibility index (Phi) is 3.94. The largest absolute Gasteiger partial charge is 0.352 e. The lowest BCUT2D eigenvalue weighted by Gasteiger charge is -2.23. The zero-order chi connectivity index (χ0) is 15.7. The van der Waals surface area contributed by atoms with Crippen molar-refractivity contribution in [2.24, 2.45) is 0 Å². The van der Waals surface area contributed by atoms with Gasteiger partial charge in [-0.15, -0.1) is 0 Å². The summed E-state index contributed by atoms with van der Waals surface area (Å²) in [7, 11) is 1.85. The summed E-state index contributed by atoms with van der Waals surface area (Å²) in [6.45, 7) is 2.21. The van der Waals surface area contributed by atoms with Crippen LogP contribution in [0.5, 0.6) is 0 Å². The number of likely N-dealkylation sites (N-methyl/N-ethyl adjacent to an activating group) is 1. The molecule has 1 atom stereocenters. The number of H-pyrrole nitrogens is 1. The molecule has 1 aromatic carbocycles. The summed E-state index contributed by atoms with van der Waals surface area (Å²) in [4.78, 5) is 33.2. The normalized spacial score (nSPS) is 16.0. The lowest BCUT2D eigenvalue weighted by atomic mass is 10.2. The molecule has 1 fully saturated rings. The first-order valence-corrected chi connectivity index (χ1v) is 7.53. The van der Waals surface area contributed by atoms with Crippen LogP contribution in [-0.4, -0.2) is 40.4 Å². The molecular weight excluding hydrogens is 280 g/mol. The Morgan fingerprint density at radius 2 is 2.18 bits per heavy atom. The van der Waals surface area contributed by atoms with E-state index < -0.39 is 0 Å². The maximum Gasteiger partial charge on any atom is 0.258 e. The fourth-order valence-electron chi connectivity index (χ4n) is 2.38. The molecular formula is C16H20N4O2. The summed E-state index contributed by atoms with van der Waals surface area (Å²) in [5.74, 6) is 0.588. The van der Waals surface area contributed by atoms with Crippen molar-refractivity contribution in [2.75, 3.05) is 13.6 Å². The van der Waals surface area contributed by atoms with E-state index in [1.54, 1.807) is 6.07 Å². The summed E-state index contributed by atoms with van der Waals surface area (Å²) in [6, 6.07) is 7.45. The molecule has 1 aliphatic rings. The van der Waals surface area contributed by atoms with Gasteiger partial charge in [0.1, 0.15) is 5.82 Å². The van der Waals surface area contributed by atoms with Gasteiger partial charge in [0, 0.05) is 6.04 Å². The predicted molar refractivity (Wildman–Crippen MR) is 84.6 cm³/mol. The van der Waals surface area contributed by atoms with Crippen LogP contribution in [0.3, 0.4) is 0 Å². The Labute approximate surface area is 128 Å². The van der Waals surface area contributed by atoms with Gasteiger partial charge in [-0.3, -0.25) is 14.5 Å². The van der Waals surface area contributed by atoms with Gasteiger partial charge in [0.25, 0.3) is 5.56 Å². The number of para-hydroxylation sites is 1. The molecule has 1 aromatic heterocycles. The number of carbonyl (C=O) groups excluding carboxylic acids is 1. The first-order chi connectivity index (χ1) is 10.5. The molecule has 2 N–H and O–H groups in total. The van der Waals surface area contributed by atoms with Crippen molar-refractivity contribution >= 4 is 16.8 Å². The molecule has 0 unspecified atom stereocenters. The fourth-order valence-corrected chi connectivity index (χ4v) is 2.38. The molecule has 2 aromatic rings. The third-order valence-electron chi connectivity index (χ3n) is 4.02. The minimum atomic E-state index is -0.151. The number of hydrogen-bond donors (Lipinski definition) is 2. The third-order valence-corrected chi connectivity index (χ3v) is 4.02. The zero-order valence-corrected chi connectivity index (χ0v) is 12.8. The number of nitrogens with zero attached hydrogens (tertiary/aromatic N) is 2. The highest BCUT2D eigenvalue weighted by Gasteiger charge is 2.25. The Balaban J connectivity index is 1.77. The number of amides is 1. The number of aromatic nitrogens is 2. The number of carbonyl (C=O) groups is 1. The number of benzene rings is 1. The summed E-state index contributed by atoms with van der Waals surface area (Å²) in [5, 5.41) is 3.54. The molecule has 0 spiro atoms. The summed E-state index contributed by atoms with van der Waals surface area (Å²) in [5.41, 5.74) is 0.521. The van der Waals surface area contributed by atoms with E-state index in [0.29, 0.717) is 22.8 Å². The van der Waals surface area contributed by atoms with E-state index in [0.717, 1.165) is 12.8 Å². The van der Waals surface area contributed by atoms with Crippen molar-refractivity contribution in [3.63, 3.8) is 0 Å². The van der Waals surface area contributed by atoms with Gasteiger partial charge < -0.3 is 10.3 Å². The number of aromatic amines is 1. The van der Waals surface area contributed by atoms with E-state index in [1.165, 1.54) is 0 Å². The molecule has 116 valence electrons. The van der Waals surface area contributed by atoms with E-state index in [9.17, 15) is 9.59 Å². The lowest BCUT2D eigenvalue weighted by Crippen LogP contribution is -2.38. The Hall–Kier alpha value is -2.21. The van der Waals surface area contributed by atoms with Crippen molar-refractivity contribution in [3.8, 4) is 0 Å². The van der Waals surface area contributed by atoms with E-state index in [1.807, 2.05) is 37.1 Å². The number of fused-ring (bicyclic) bond motifs is 1. The average molecular weight is 300 g/mol. The third kappa shape index (κ3) is 3.17. The van der Waals surface area contributed by atoms with Gasteiger partial charge in [-0.2, -0.15) is 0 Å². The molecule has 1 amide bonds. The van der Waals surface area contributed by atoms with E-state index >= 15 is 0 Å². The summed E-state index contributed by atoms with van der Waals surface area (Å²) >= 11 is 0. The highest BCUT2D eigenvalue weighted by molar-refractivity contribution is 5.79. The van der Waals surface area contributed by atoms with E-state index in [4.69, 9.17) is 0 Å². The topological polar surface area (TPSA) is 78.1 Å². The van der Waals surface area contributed by atoms with Crippen molar-refractivity contribution in [2.45, 2.75) is 31.8 Å². The van der Waals surface area contributed by atoms with Crippen LogP contribution < -0.4 is 10.9 Å². The van der Waals surface area contributed by atoms with E-state index in [-0.39, 0.29) is 24.1 Å². The standard InChI is InChI=1S/C16H20N4O2/c1-10(20(2)9-14(21)17-11-7-8-11)15-18-13-6-4-3-5-12(13)16(22)19-15/h3-6,10-11H,7-9H2,1-2H3,(H,17,21)(H,18,19,22)/t10-/m0/s1. The molecule has 1 aliphatic carbocycles. The molecule has 0 bridgehead atoms. The first-order valence-electron chi connectivity index (χ1n) is 7.53. The van der Waals surface area contributed by atoms with Gasteiger partial charge in [-0.25, -0.2) is 4.98 Å². The van der Waals surface area contributed by atoms with Crippen LogP contribution in [0, 0.1) is 0 Å². The van der Waals surface area contributed by atoms with Crippen LogP contribution in [0.1, 0.15) is 31.6 Å². The smallest absolute Gasteiger partial charge is 0.258 e. The van der Waals surface area contributed by atoms with Crippen LogP contribution >= 0.6 is 0 Å².